The maximum atomic E-state index is 13.5. The van der Waals surface area contributed by atoms with Crippen molar-refractivity contribution >= 4 is 11.8 Å². The highest BCUT2D eigenvalue weighted by atomic mass is 19.4. The molecule has 1 aromatic heterocycles. The van der Waals surface area contributed by atoms with E-state index in [0.717, 1.165) is 12.1 Å². The van der Waals surface area contributed by atoms with E-state index >= 15 is 0 Å². The molecule has 5 nitrogen and oxygen atoms in total. The number of carboxylic acids is 1. The Bertz CT molecular complexity index is 850. The molecule has 0 unspecified atom stereocenters. The van der Waals surface area contributed by atoms with Crippen molar-refractivity contribution in [2.45, 2.75) is 12.3 Å². The van der Waals surface area contributed by atoms with Crippen LogP contribution >= 0.6 is 0 Å². The number of ether oxygens (including phenoxy) is 1. The molecular formula is C16H11F5N2O3. The first-order chi connectivity index (χ1) is 12.1. The van der Waals surface area contributed by atoms with Gasteiger partial charge < -0.3 is 14.7 Å². The van der Waals surface area contributed by atoms with Gasteiger partial charge in [0.05, 0.1) is 18.7 Å². The van der Waals surface area contributed by atoms with Crippen LogP contribution in [0.2, 0.25) is 0 Å². The normalized spacial score (nSPS) is 14.9. The highest BCUT2D eigenvalue weighted by Gasteiger charge is 2.36. The summed E-state index contributed by atoms with van der Waals surface area (Å²) in [6.45, 7) is 0.185. The first-order valence-corrected chi connectivity index (χ1v) is 7.32. The Morgan fingerprint density at radius 1 is 1.23 bits per heavy atom. The molecule has 0 spiro atoms. The summed E-state index contributed by atoms with van der Waals surface area (Å²) in [5, 5.41) is 9.14. The van der Waals surface area contributed by atoms with Crippen LogP contribution in [0.1, 0.15) is 15.9 Å². The SMILES string of the molecule is O=C(O)c1cc(C(F)(F)F)cnc1N1CC(Oc2ccc(F)cc2F)C1. The Morgan fingerprint density at radius 3 is 2.50 bits per heavy atom. The van der Waals surface area contributed by atoms with Crippen LogP contribution in [0.25, 0.3) is 0 Å². The molecule has 1 saturated heterocycles. The average molecular weight is 374 g/mol. The minimum absolute atomic E-state index is 0.0927. The van der Waals surface area contributed by atoms with Gasteiger partial charge in [-0.2, -0.15) is 13.2 Å². The van der Waals surface area contributed by atoms with E-state index in [1.165, 1.54) is 4.90 Å². The summed E-state index contributed by atoms with van der Waals surface area (Å²) in [6.07, 6.45) is -4.70. The molecule has 0 bridgehead atoms. The molecule has 0 aliphatic carbocycles. The van der Waals surface area contributed by atoms with Crippen LogP contribution in [-0.4, -0.2) is 35.3 Å². The number of rotatable bonds is 4. The Kier molecular flexibility index (Phi) is 4.43. The molecule has 138 valence electrons. The fraction of sp³-hybridized carbons (Fsp3) is 0.250. The summed E-state index contributed by atoms with van der Waals surface area (Å²) >= 11 is 0. The van der Waals surface area contributed by atoms with Crippen LogP contribution in [0, 0.1) is 11.6 Å². The van der Waals surface area contributed by atoms with Crippen molar-refractivity contribution < 1.29 is 36.6 Å². The van der Waals surface area contributed by atoms with Gasteiger partial charge in [0, 0.05) is 12.3 Å². The number of hydrogen-bond acceptors (Lipinski definition) is 4. The Hall–Kier alpha value is -2.91. The molecule has 2 heterocycles. The van der Waals surface area contributed by atoms with Crippen LogP contribution in [0.4, 0.5) is 27.8 Å². The van der Waals surface area contributed by atoms with Gasteiger partial charge in [0.1, 0.15) is 23.3 Å². The van der Waals surface area contributed by atoms with Gasteiger partial charge in [0.15, 0.2) is 11.6 Å². The summed E-state index contributed by atoms with van der Waals surface area (Å²) in [5.41, 5.74) is -1.76. The van der Waals surface area contributed by atoms with Gasteiger partial charge >= 0.3 is 12.1 Å². The van der Waals surface area contributed by atoms with Gasteiger partial charge in [0.25, 0.3) is 0 Å². The van der Waals surface area contributed by atoms with Crippen LogP contribution in [-0.2, 0) is 6.18 Å². The second-order valence-electron chi connectivity index (χ2n) is 5.62. The highest BCUT2D eigenvalue weighted by molar-refractivity contribution is 5.93. The summed E-state index contributed by atoms with van der Waals surface area (Å²) in [7, 11) is 0. The van der Waals surface area contributed by atoms with Crippen molar-refractivity contribution in [3.63, 3.8) is 0 Å². The maximum Gasteiger partial charge on any atom is 0.417 e. The number of benzene rings is 1. The van der Waals surface area contributed by atoms with E-state index in [0.29, 0.717) is 18.3 Å². The third-order valence-electron chi connectivity index (χ3n) is 3.76. The number of alkyl halides is 3. The van der Waals surface area contributed by atoms with Gasteiger partial charge in [-0.05, 0) is 18.2 Å². The lowest BCUT2D eigenvalue weighted by atomic mass is 10.1. The molecule has 1 aromatic carbocycles. The number of carboxylic acid groups (broad SMARTS) is 1. The zero-order valence-electron chi connectivity index (χ0n) is 12.9. The first-order valence-electron chi connectivity index (χ1n) is 7.32. The van der Waals surface area contributed by atoms with E-state index in [1.807, 2.05) is 0 Å². The summed E-state index contributed by atoms with van der Waals surface area (Å²) in [6, 6.07) is 3.31. The van der Waals surface area contributed by atoms with Gasteiger partial charge in [-0.15, -0.1) is 0 Å². The van der Waals surface area contributed by atoms with E-state index in [9.17, 15) is 26.7 Å². The predicted octanol–water partition coefficient (Wildman–Crippen LogP) is 3.34. The molecule has 0 amide bonds. The Balaban J connectivity index is 1.73. The van der Waals surface area contributed by atoms with Crippen molar-refractivity contribution in [2.24, 2.45) is 0 Å². The van der Waals surface area contributed by atoms with E-state index in [2.05, 4.69) is 4.98 Å². The molecule has 2 aromatic rings. The largest absolute Gasteiger partial charge is 0.484 e. The quantitative estimate of drug-likeness (QED) is 0.832. The average Bonchev–Trinajstić information content (AvgIpc) is 2.50. The highest BCUT2D eigenvalue weighted by Crippen LogP contribution is 2.33. The maximum absolute atomic E-state index is 13.5. The second-order valence-corrected chi connectivity index (χ2v) is 5.62. The molecular weight excluding hydrogens is 363 g/mol. The van der Waals surface area contributed by atoms with Crippen molar-refractivity contribution in [3.05, 3.63) is 53.2 Å². The van der Waals surface area contributed by atoms with Crippen molar-refractivity contribution in [1.82, 2.24) is 4.98 Å². The number of aromatic nitrogens is 1. The minimum Gasteiger partial charge on any atom is -0.484 e. The molecule has 1 fully saturated rings. The number of carbonyl (C=O) groups is 1. The smallest absolute Gasteiger partial charge is 0.417 e. The lowest BCUT2D eigenvalue weighted by Crippen LogP contribution is -2.54. The van der Waals surface area contributed by atoms with E-state index in [4.69, 9.17) is 9.84 Å². The van der Waals surface area contributed by atoms with Crippen molar-refractivity contribution in [3.8, 4) is 5.75 Å². The van der Waals surface area contributed by atoms with Crippen LogP contribution in [0.3, 0.4) is 0 Å². The molecule has 0 atom stereocenters. The minimum atomic E-state index is -4.71. The topological polar surface area (TPSA) is 62.7 Å². The van der Waals surface area contributed by atoms with Crippen molar-refractivity contribution in [2.75, 3.05) is 18.0 Å². The third-order valence-corrected chi connectivity index (χ3v) is 3.76. The monoisotopic (exact) mass is 374 g/mol. The molecule has 1 N–H and O–H groups in total. The van der Waals surface area contributed by atoms with Crippen LogP contribution < -0.4 is 9.64 Å². The first kappa shape index (κ1) is 17.9. The molecule has 26 heavy (non-hydrogen) atoms. The lowest BCUT2D eigenvalue weighted by molar-refractivity contribution is -0.137. The van der Waals surface area contributed by atoms with Gasteiger partial charge in [-0.1, -0.05) is 0 Å². The van der Waals surface area contributed by atoms with Gasteiger partial charge in [-0.25, -0.2) is 18.6 Å². The molecule has 10 heteroatoms. The standard InChI is InChI=1S/C16H11F5N2O3/c17-9-1-2-13(12(18)4-9)26-10-6-23(7-10)14-11(15(24)25)3-8(5-22-14)16(19,20)21/h1-5,10H,6-7H2,(H,24,25). The van der Waals surface area contributed by atoms with Gasteiger partial charge in [0.2, 0.25) is 0 Å². The van der Waals surface area contributed by atoms with Crippen LogP contribution in [0.15, 0.2) is 30.5 Å². The summed E-state index contributed by atoms with van der Waals surface area (Å²) in [4.78, 5) is 16.2. The number of anilines is 1. The summed E-state index contributed by atoms with van der Waals surface area (Å²) < 4.78 is 69.8. The van der Waals surface area contributed by atoms with E-state index in [1.54, 1.807) is 0 Å². The van der Waals surface area contributed by atoms with Crippen molar-refractivity contribution in [1.29, 1.82) is 0 Å². The predicted molar refractivity (Wildman–Crippen MR) is 79.2 cm³/mol. The lowest BCUT2D eigenvalue weighted by Gasteiger charge is -2.40. The fourth-order valence-electron chi connectivity index (χ4n) is 2.46. The molecule has 1 aliphatic heterocycles. The van der Waals surface area contributed by atoms with E-state index in [-0.39, 0.29) is 24.7 Å². The third kappa shape index (κ3) is 3.53. The molecule has 0 radical (unpaired) electrons. The number of aromatic carboxylic acids is 1. The van der Waals surface area contributed by atoms with Crippen LogP contribution in [0.5, 0.6) is 5.75 Å². The molecule has 3 rings (SSSR count). The number of hydrogen-bond donors (Lipinski definition) is 1. The summed E-state index contributed by atoms with van der Waals surface area (Å²) in [5.74, 6) is -3.50. The number of halogens is 5. The number of nitrogens with zero attached hydrogens (tertiary/aromatic N) is 2. The zero-order valence-corrected chi connectivity index (χ0v) is 12.9. The Morgan fingerprint density at radius 2 is 1.92 bits per heavy atom. The number of pyridine rings is 1. The van der Waals surface area contributed by atoms with E-state index < -0.39 is 41.0 Å². The Labute approximate surface area is 143 Å². The zero-order chi connectivity index (χ0) is 19.1. The fourth-order valence-corrected chi connectivity index (χ4v) is 2.46. The molecule has 0 saturated carbocycles. The molecule has 1 aliphatic rings. The second kappa shape index (κ2) is 6.43. The van der Waals surface area contributed by atoms with Gasteiger partial charge in [-0.3, -0.25) is 0 Å².